The van der Waals surface area contributed by atoms with Crippen LogP contribution in [0.15, 0.2) is 36.4 Å². The Kier molecular flexibility index (Phi) is 4.27. The van der Waals surface area contributed by atoms with Crippen LogP contribution in [0.4, 0.5) is 0 Å². The van der Waals surface area contributed by atoms with Gasteiger partial charge in [-0.3, -0.25) is 0 Å². The van der Waals surface area contributed by atoms with Crippen molar-refractivity contribution in [1.29, 1.82) is 0 Å². The lowest BCUT2D eigenvalue weighted by Crippen LogP contribution is -2.02. The van der Waals surface area contributed by atoms with Crippen molar-refractivity contribution < 1.29 is 4.74 Å². The van der Waals surface area contributed by atoms with Crippen molar-refractivity contribution >= 4 is 6.08 Å². The Morgan fingerprint density at radius 1 is 1.31 bits per heavy atom. The number of hydrogen-bond donors (Lipinski definition) is 0. The molecule has 0 saturated heterocycles. The molecule has 70 valence electrons. The summed E-state index contributed by atoms with van der Waals surface area (Å²) in [7, 11) is 0. The third kappa shape index (κ3) is 3.90. The van der Waals surface area contributed by atoms with Crippen LogP contribution < -0.4 is 0 Å². The Hall–Kier alpha value is -1.08. The van der Waals surface area contributed by atoms with Crippen molar-refractivity contribution in [1.82, 2.24) is 0 Å². The molecule has 0 spiro atoms. The lowest BCUT2D eigenvalue weighted by Gasteiger charge is -2.04. The summed E-state index contributed by atoms with van der Waals surface area (Å²) in [5.41, 5.74) is 1.22. The molecule has 0 aliphatic rings. The number of benzene rings is 1. The summed E-state index contributed by atoms with van der Waals surface area (Å²) in [6.07, 6.45) is 4.35. The van der Waals surface area contributed by atoms with Gasteiger partial charge in [0.2, 0.25) is 0 Å². The summed E-state index contributed by atoms with van der Waals surface area (Å²) in [5.74, 6) is 0. The van der Waals surface area contributed by atoms with Crippen molar-refractivity contribution in [3.63, 3.8) is 0 Å². The Balaban J connectivity index is 2.49. The molecule has 0 fully saturated rings. The average Bonchev–Trinajstić information content (AvgIpc) is 2.17. The molecular weight excluding hydrogens is 160 g/mol. The number of ether oxygens (including phenoxy) is 1. The highest BCUT2D eigenvalue weighted by Gasteiger charge is 1.92. The van der Waals surface area contributed by atoms with Crippen LogP contribution >= 0.6 is 0 Å². The zero-order chi connectivity index (χ0) is 9.52. The van der Waals surface area contributed by atoms with Crippen LogP contribution in [0, 0.1) is 0 Å². The predicted octanol–water partition coefficient (Wildman–Crippen LogP) is 3.12. The van der Waals surface area contributed by atoms with Crippen molar-refractivity contribution in [2.45, 2.75) is 20.0 Å². The molecule has 0 aliphatic carbocycles. The van der Waals surface area contributed by atoms with E-state index in [1.807, 2.05) is 32.0 Å². The second kappa shape index (κ2) is 5.55. The Labute approximate surface area is 80.0 Å². The molecule has 0 radical (unpaired) electrons. The van der Waals surface area contributed by atoms with E-state index in [-0.39, 0.29) is 6.10 Å². The van der Waals surface area contributed by atoms with Crippen LogP contribution in [0.2, 0.25) is 0 Å². The van der Waals surface area contributed by atoms with E-state index in [1.165, 1.54) is 5.56 Å². The largest absolute Gasteiger partial charge is 0.375 e. The molecule has 1 unspecified atom stereocenters. The normalized spacial score (nSPS) is 13.4. The van der Waals surface area contributed by atoms with Crippen molar-refractivity contribution in [3.05, 3.63) is 42.0 Å². The fourth-order valence-corrected chi connectivity index (χ4v) is 1.13. The molecule has 13 heavy (non-hydrogen) atoms. The summed E-state index contributed by atoms with van der Waals surface area (Å²) >= 11 is 0. The van der Waals surface area contributed by atoms with E-state index in [0.717, 1.165) is 6.61 Å². The summed E-state index contributed by atoms with van der Waals surface area (Å²) in [6, 6.07) is 10.2. The molecular formula is C12H16O. The first-order valence-corrected chi connectivity index (χ1v) is 4.67. The Bertz CT molecular complexity index is 251. The number of rotatable bonds is 4. The Morgan fingerprint density at radius 3 is 2.62 bits per heavy atom. The highest BCUT2D eigenvalue weighted by Crippen LogP contribution is 2.03. The smallest absolute Gasteiger partial charge is 0.0730 e. The van der Waals surface area contributed by atoms with E-state index in [0.29, 0.717) is 0 Å². The minimum atomic E-state index is 0.199. The monoisotopic (exact) mass is 176 g/mol. The summed E-state index contributed by atoms with van der Waals surface area (Å²) in [6.45, 7) is 4.82. The lowest BCUT2D eigenvalue weighted by atomic mass is 10.2. The second-order valence-corrected chi connectivity index (χ2v) is 2.93. The van der Waals surface area contributed by atoms with Gasteiger partial charge in [-0.2, -0.15) is 0 Å². The molecule has 1 rings (SSSR count). The molecule has 0 amide bonds. The summed E-state index contributed by atoms with van der Waals surface area (Å²) < 4.78 is 5.38. The van der Waals surface area contributed by atoms with Crippen LogP contribution in [-0.2, 0) is 4.74 Å². The highest BCUT2D eigenvalue weighted by molar-refractivity contribution is 5.49. The fraction of sp³-hybridized carbons (Fsp3) is 0.333. The van der Waals surface area contributed by atoms with Crippen molar-refractivity contribution in [2.75, 3.05) is 6.61 Å². The van der Waals surface area contributed by atoms with Gasteiger partial charge in [0.25, 0.3) is 0 Å². The van der Waals surface area contributed by atoms with Crippen LogP contribution in [-0.4, -0.2) is 12.7 Å². The molecule has 1 aromatic carbocycles. The molecule has 0 aromatic heterocycles. The molecule has 1 heteroatoms. The van der Waals surface area contributed by atoms with E-state index >= 15 is 0 Å². The van der Waals surface area contributed by atoms with E-state index in [9.17, 15) is 0 Å². The minimum Gasteiger partial charge on any atom is -0.375 e. The van der Waals surface area contributed by atoms with Gasteiger partial charge in [0, 0.05) is 6.61 Å². The summed E-state index contributed by atoms with van der Waals surface area (Å²) in [4.78, 5) is 0. The van der Waals surface area contributed by atoms with Gasteiger partial charge < -0.3 is 4.74 Å². The van der Waals surface area contributed by atoms with Crippen molar-refractivity contribution in [3.8, 4) is 0 Å². The molecule has 0 aliphatic heterocycles. The quantitative estimate of drug-likeness (QED) is 0.685. The summed E-state index contributed by atoms with van der Waals surface area (Å²) in [5, 5.41) is 0. The first-order valence-electron chi connectivity index (χ1n) is 4.67. The van der Waals surface area contributed by atoms with Gasteiger partial charge in [-0.25, -0.2) is 0 Å². The molecule has 0 heterocycles. The Morgan fingerprint density at radius 2 is 2.00 bits per heavy atom. The van der Waals surface area contributed by atoms with Gasteiger partial charge >= 0.3 is 0 Å². The zero-order valence-corrected chi connectivity index (χ0v) is 8.23. The maximum atomic E-state index is 5.38. The minimum absolute atomic E-state index is 0.199. The first kappa shape index (κ1) is 10.0. The highest BCUT2D eigenvalue weighted by atomic mass is 16.5. The first-order chi connectivity index (χ1) is 6.33. The fourth-order valence-electron chi connectivity index (χ4n) is 1.13. The molecule has 1 atom stereocenters. The van der Waals surface area contributed by atoms with Gasteiger partial charge in [-0.15, -0.1) is 0 Å². The van der Waals surface area contributed by atoms with Crippen LogP contribution in [0.3, 0.4) is 0 Å². The van der Waals surface area contributed by atoms with Crippen LogP contribution in [0.5, 0.6) is 0 Å². The lowest BCUT2D eigenvalue weighted by molar-refractivity contribution is 0.110. The molecule has 0 N–H and O–H groups in total. The third-order valence-electron chi connectivity index (χ3n) is 1.79. The zero-order valence-electron chi connectivity index (χ0n) is 8.23. The van der Waals surface area contributed by atoms with Gasteiger partial charge in [-0.1, -0.05) is 42.5 Å². The maximum absolute atomic E-state index is 5.38. The van der Waals surface area contributed by atoms with Gasteiger partial charge in [-0.05, 0) is 19.4 Å². The second-order valence-electron chi connectivity index (χ2n) is 2.93. The topological polar surface area (TPSA) is 9.23 Å². The van der Waals surface area contributed by atoms with Gasteiger partial charge in [0.05, 0.1) is 6.10 Å². The molecule has 1 aromatic rings. The van der Waals surface area contributed by atoms with Gasteiger partial charge in [0.1, 0.15) is 0 Å². The molecule has 1 nitrogen and oxygen atoms in total. The standard InChI is InChI=1S/C12H16O/c1-3-13-11(2)9-10-12-7-5-4-6-8-12/h4-11H,3H2,1-2H3/b10-9+. The third-order valence-corrected chi connectivity index (χ3v) is 1.79. The van der Waals surface area contributed by atoms with Gasteiger partial charge in [0.15, 0.2) is 0 Å². The van der Waals surface area contributed by atoms with E-state index < -0.39 is 0 Å². The SMILES string of the molecule is CCOC(C)/C=C/c1ccccc1. The van der Waals surface area contributed by atoms with Crippen molar-refractivity contribution in [2.24, 2.45) is 0 Å². The van der Waals surface area contributed by atoms with Crippen LogP contribution in [0.25, 0.3) is 6.08 Å². The molecule has 0 bridgehead atoms. The predicted molar refractivity (Wildman–Crippen MR) is 56.6 cm³/mol. The van der Waals surface area contributed by atoms with E-state index in [1.54, 1.807) is 0 Å². The van der Waals surface area contributed by atoms with Crippen LogP contribution in [0.1, 0.15) is 19.4 Å². The van der Waals surface area contributed by atoms with E-state index in [4.69, 9.17) is 4.74 Å². The average molecular weight is 176 g/mol. The number of hydrogen-bond acceptors (Lipinski definition) is 1. The maximum Gasteiger partial charge on any atom is 0.0730 e. The molecule has 0 saturated carbocycles. The van der Waals surface area contributed by atoms with E-state index in [2.05, 4.69) is 24.3 Å².